The van der Waals surface area contributed by atoms with E-state index in [1.54, 1.807) is 11.0 Å². The molecular weight excluding hydrogens is 352 g/mol. The molecule has 1 aliphatic heterocycles. The first-order valence-corrected chi connectivity index (χ1v) is 8.72. The summed E-state index contributed by atoms with van der Waals surface area (Å²) in [4.78, 5) is 22.9. The number of benzene rings is 1. The summed E-state index contributed by atoms with van der Waals surface area (Å²) in [6.45, 7) is 1.12. The van der Waals surface area contributed by atoms with Crippen LogP contribution in [0.25, 0.3) is 11.4 Å². The van der Waals surface area contributed by atoms with Crippen molar-refractivity contribution in [2.24, 2.45) is 0 Å². The van der Waals surface area contributed by atoms with Gasteiger partial charge in [-0.1, -0.05) is 0 Å². The number of pyridine rings is 1. The van der Waals surface area contributed by atoms with E-state index in [0.717, 1.165) is 19.0 Å². The van der Waals surface area contributed by atoms with E-state index in [1.807, 2.05) is 0 Å². The molecule has 1 amide bonds. The van der Waals surface area contributed by atoms with Crippen molar-refractivity contribution in [1.29, 1.82) is 0 Å². The number of piperidine rings is 1. The Bertz CT molecular complexity index is 939. The molecule has 27 heavy (non-hydrogen) atoms. The van der Waals surface area contributed by atoms with Crippen LogP contribution < -0.4 is 0 Å². The summed E-state index contributed by atoms with van der Waals surface area (Å²) in [6, 6.07) is 8.41. The highest BCUT2D eigenvalue weighted by Gasteiger charge is 2.28. The normalized spacial score (nSPS) is 17.1. The Morgan fingerprint density at radius 1 is 1.07 bits per heavy atom. The van der Waals surface area contributed by atoms with Crippen LogP contribution in [0, 0.1) is 11.6 Å². The fourth-order valence-corrected chi connectivity index (χ4v) is 3.26. The molecular formula is C20H17F2N3O2. The van der Waals surface area contributed by atoms with Gasteiger partial charge in [0.25, 0.3) is 5.91 Å². The number of carbonyl (C=O) groups excluding carboxylic acids is 1. The second kappa shape index (κ2) is 7.26. The molecule has 0 spiro atoms. The Balaban J connectivity index is 1.49. The maximum absolute atomic E-state index is 13.1. The van der Waals surface area contributed by atoms with Gasteiger partial charge in [0.1, 0.15) is 23.6 Å². The number of rotatable bonds is 3. The van der Waals surface area contributed by atoms with Crippen LogP contribution in [-0.2, 0) is 0 Å². The zero-order chi connectivity index (χ0) is 18.8. The number of halogens is 2. The predicted molar refractivity (Wildman–Crippen MR) is 94.0 cm³/mol. The van der Waals surface area contributed by atoms with Crippen LogP contribution in [0.3, 0.4) is 0 Å². The van der Waals surface area contributed by atoms with Gasteiger partial charge in [0.2, 0.25) is 0 Å². The van der Waals surface area contributed by atoms with Crippen LogP contribution in [0.1, 0.15) is 35.0 Å². The van der Waals surface area contributed by atoms with E-state index < -0.39 is 5.82 Å². The van der Waals surface area contributed by atoms with Gasteiger partial charge < -0.3 is 9.32 Å². The van der Waals surface area contributed by atoms with E-state index in [9.17, 15) is 13.6 Å². The Morgan fingerprint density at radius 2 is 1.85 bits per heavy atom. The van der Waals surface area contributed by atoms with Gasteiger partial charge in [-0.05, 0) is 49.2 Å². The van der Waals surface area contributed by atoms with E-state index >= 15 is 0 Å². The lowest BCUT2D eigenvalue weighted by Crippen LogP contribution is -2.39. The van der Waals surface area contributed by atoms with Crippen molar-refractivity contribution in [3.05, 3.63) is 71.9 Å². The minimum atomic E-state index is -0.412. The molecule has 0 N–H and O–H groups in total. The Labute approximate surface area is 154 Å². The lowest BCUT2D eigenvalue weighted by Gasteiger charge is -2.31. The number of hydrogen-bond donors (Lipinski definition) is 0. The summed E-state index contributed by atoms with van der Waals surface area (Å²) in [5, 5.41) is 0. The van der Waals surface area contributed by atoms with Gasteiger partial charge in [0.05, 0.1) is 17.8 Å². The van der Waals surface area contributed by atoms with Gasteiger partial charge in [0, 0.05) is 18.7 Å². The molecule has 1 unspecified atom stereocenters. The third kappa shape index (κ3) is 3.72. The van der Waals surface area contributed by atoms with E-state index in [-0.39, 0.29) is 17.6 Å². The molecule has 138 valence electrons. The minimum Gasteiger partial charge on any atom is -0.448 e. The first-order valence-electron chi connectivity index (χ1n) is 8.72. The summed E-state index contributed by atoms with van der Waals surface area (Å²) in [5.41, 5.74) is 1.52. The molecule has 2 aromatic heterocycles. The van der Waals surface area contributed by atoms with Crippen molar-refractivity contribution in [3.8, 4) is 11.4 Å². The summed E-state index contributed by atoms with van der Waals surface area (Å²) in [7, 11) is 0. The van der Waals surface area contributed by atoms with Gasteiger partial charge in [-0.25, -0.2) is 13.8 Å². The maximum atomic E-state index is 13.1. The van der Waals surface area contributed by atoms with Crippen molar-refractivity contribution in [2.45, 2.75) is 18.8 Å². The standard InChI is InChI=1S/C20H17F2N3O2/c21-15-5-3-13(4-6-15)20(26)25-9-1-2-14(11-25)19-24-18(12-27-19)17-8-7-16(22)10-23-17/h3-8,10,12,14H,1-2,9,11H2. The van der Waals surface area contributed by atoms with Crippen LogP contribution in [-0.4, -0.2) is 33.9 Å². The quantitative estimate of drug-likeness (QED) is 0.699. The van der Waals surface area contributed by atoms with Gasteiger partial charge in [-0.2, -0.15) is 0 Å². The lowest BCUT2D eigenvalue weighted by molar-refractivity contribution is 0.0698. The lowest BCUT2D eigenvalue weighted by atomic mass is 9.97. The molecule has 7 heteroatoms. The van der Waals surface area contributed by atoms with Crippen molar-refractivity contribution in [1.82, 2.24) is 14.9 Å². The molecule has 0 saturated carbocycles. The third-order valence-corrected chi connectivity index (χ3v) is 4.66. The molecule has 1 atom stereocenters. The molecule has 1 saturated heterocycles. The number of amides is 1. The molecule has 1 aliphatic rings. The first kappa shape index (κ1) is 17.3. The summed E-state index contributed by atoms with van der Waals surface area (Å²) < 4.78 is 31.7. The molecule has 1 aromatic carbocycles. The molecule has 3 heterocycles. The SMILES string of the molecule is O=C(c1ccc(F)cc1)N1CCCC(c2nc(-c3ccc(F)cn3)co2)C1. The highest BCUT2D eigenvalue weighted by molar-refractivity contribution is 5.94. The summed E-state index contributed by atoms with van der Waals surface area (Å²) in [5.74, 6) is -0.411. The average Bonchev–Trinajstić information content (AvgIpc) is 3.19. The van der Waals surface area contributed by atoms with Gasteiger partial charge >= 0.3 is 0 Å². The van der Waals surface area contributed by atoms with Crippen molar-refractivity contribution in [2.75, 3.05) is 13.1 Å². The van der Waals surface area contributed by atoms with Crippen molar-refractivity contribution >= 4 is 5.91 Å². The average molecular weight is 369 g/mol. The molecule has 0 bridgehead atoms. The highest BCUT2D eigenvalue weighted by atomic mass is 19.1. The molecule has 1 fully saturated rings. The van der Waals surface area contributed by atoms with Gasteiger partial charge in [-0.3, -0.25) is 9.78 Å². The topological polar surface area (TPSA) is 59.2 Å². The van der Waals surface area contributed by atoms with Crippen LogP contribution in [0.2, 0.25) is 0 Å². The Morgan fingerprint density at radius 3 is 2.59 bits per heavy atom. The van der Waals surface area contributed by atoms with Crippen LogP contribution in [0.4, 0.5) is 8.78 Å². The zero-order valence-electron chi connectivity index (χ0n) is 14.4. The van der Waals surface area contributed by atoms with E-state index in [0.29, 0.717) is 35.9 Å². The molecule has 5 nitrogen and oxygen atoms in total. The Kier molecular flexibility index (Phi) is 4.66. The molecule has 3 aromatic rings. The zero-order valence-corrected chi connectivity index (χ0v) is 14.4. The number of nitrogens with zero attached hydrogens (tertiary/aromatic N) is 3. The minimum absolute atomic E-state index is 0.0302. The maximum Gasteiger partial charge on any atom is 0.253 e. The van der Waals surface area contributed by atoms with Crippen LogP contribution in [0.15, 0.2) is 53.3 Å². The number of carbonyl (C=O) groups is 1. The van der Waals surface area contributed by atoms with E-state index in [1.165, 1.54) is 36.6 Å². The van der Waals surface area contributed by atoms with Gasteiger partial charge in [0.15, 0.2) is 5.89 Å². The summed E-state index contributed by atoms with van der Waals surface area (Å²) in [6.07, 6.45) is 4.30. The van der Waals surface area contributed by atoms with Crippen molar-refractivity contribution < 1.29 is 18.0 Å². The first-order chi connectivity index (χ1) is 13.1. The second-order valence-corrected chi connectivity index (χ2v) is 6.53. The number of aromatic nitrogens is 2. The van der Waals surface area contributed by atoms with Crippen LogP contribution >= 0.6 is 0 Å². The molecule has 0 aliphatic carbocycles. The molecule has 4 rings (SSSR count). The fourth-order valence-electron chi connectivity index (χ4n) is 3.26. The Hall–Kier alpha value is -3.09. The smallest absolute Gasteiger partial charge is 0.253 e. The van der Waals surface area contributed by atoms with Crippen molar-refractivity contribution in [3.63, 3.8) is 0 Å². The molecule has 0 radical (unpaired) electrons. The number of oxazole rings is 1. The summed E-state index contributed by atoms with van der Waals surface area (Å²) >= 11 is 0. The third-order valence-electron chi connectivity index (χ3n) is 4.66. The largest absolute Gasteiger partial charge is 0.448 e. The number of hydrogen-bond acceptors (Lipinski definition) is 4. The fraction of sp³-hybridized carbons (Fsp3) is 0.250. The predicted octanol–water partition coefficient (Wildman–Crippen LogP) is 4.03. The highest BCUT2D eigenvalue weighted by Crippen LogP contribution is 2.29. The van der Waals surface area contributed by atoms with Gasteiger partial charge in [-0.15, -0.1) is 0 Å². The monoisotopic (exact) mass is 369 g/mol. The van der Waals surface area contributed by atoms with E-state index in [4.69, 9.17) is 4.42 Å². The van der Waals surface area contributed by atoms with E-state index in [2.05, 4.69) is 9.97 Å². The second-order valence-electron chi connectivity index (χ2n) is 6.53. The van der Waals surface area contributed by atoms with Crippen LogP contribution in [0.5, 0.6) is 0 Å². The number of likely N-dealkylation sites (tertiary alicyclic amines) is 1.